The van der Waals surface area contributed by atoms with Gasteiger partial charge in [-0.05, 0) is 36.2 Å². The maximum atomic E-state index is 12.5. The Labute approximate surface area is 152 Å². The van der Waals surface area contributed by atoms with Crippen molar-refractivity contribution in [2.45, 2.75) is 19.6 Å². The number of hydrogen-bond acceptors (Lipinski definition) is 4. The average Bonchev–Trinajstić information content (AvgIpc) is 2.63. The number of halogens is 1. The number of amides is 1. The molecule has 0 aliphatic carbocycles. The molecule has 1 atom stereocenters. The molecule has 1 aliphatic rings. The summed E-state index contributed by atoms with van der Waals surface area (Å²) in [4.78, 5) is 21.0. The Bertz CT molecular complexity index is 745. The van der Waals surface area contributed by atoms with Gasteiger partial charge in [-0.15, -0.1) is 0 Å². The number of nitrogens with zero attached hydrogens (tertiary/aromatic N) is 3. The van der Waals surface area contributed by atoms with Gasteiger partial charge in [-0.25, -0.2) is 0 Å². The van der Waals surface area contributed by atoms with Gasteiger partial charge in [-0.3, -0.25) is 14.7 Å². The van der Waals surface area contributed by atoms with Gasteiger partial charge in [0, 0.05) is 43.9 Å². The zero-order valence-electron chi connectivity index (χ0n) is 14.2. The van der Waals surface area contributed by atoms with Crippen LogP contribution in [0.2, 0.25) is 5.02 Å². The fourth-order valence-corrected chi connectivity index (χ4v) is 3.21. The molecule has 0 spiro atoms. The van der Waals surface area contributed by atoms with E-state index in [4.69, 9.17) is 11.6 Å². The summed E-state index contributed by atoms with van der Waals surface area (Å²) >= 11 is 5.94. The molecule has 1 saturated heterocycles. The van der Waals surface area contributed by atoms with Gasteiger partial charge < -0.3 is 10.0 Å². The number of carbonyl (C=O) groups excluding carboxylic acids is 1. The van der Waals surface area contributed by atoms with E-state index in [0.717, 1.165) is 25.3 Å². The number of aliphatic hydroxyl groups excluding tert-OH is 1. The minimum Gasteiger partial charge on any atom is -0.378 e. The van der Waals surface area contributed by atoms with Gasteiger partial charge in [0.15, 0.2) is 6.10 Å². The summed E-state index contributed by atoms with van der Waals surface area (Å²) in [6.07, 6.45) is 0.645. The fraction of sp³-hybridized carbons (Fsp3) is 0.368. The molecule has 0 bridgehead atoms. The maximum absolute atomic E-state index is 12.5. The molecular formula is C19H22ClN3O2. The zero-order valence-corrected chi connectivity index (χ0v) is 15.0. The van der Waals surface area contributed by atoms with E-state index < -0.39 is 6.10 Å². The third kappa shape index (κ3) is 4.37. The Morgan fingerprint density at radius 2 is 2.00 bits per heavy atom. The molecule has 1 amide bonds. The monoisotopic (exact) mass is 359 g/mol. The Morgan fingerprint density at radius 1 is 1.24 bits per heavy atom. The molecule has 25 heavy (non-hydrogen) atoms. The maximum Gasteiger partial charge on any atom is 0.256 e. The lowest BCUT2D eigenvalue weighted by Gasteiger charge is -2.35. The van der Waals surface area contributed by atoms with Crippen LogP contribution in [0.25, 0.3) is 0 Å². The van der Waals surface area contributed by atoms with E-state index in [-0.39, 0.29) is 5.91 Å². The van der Waals surface area contributed by atoms with Crippen molar-refractivity contribution in [3.63, 3.8) is 0 Å². The van der Waals surface area contributed by atoms with Crippen LogP contribution >= 0.6 is 11.6 Å². The summed E-state index contributed by atoms with van der Waals surface area (Å²) in [5, 5.41) is 10.8. The van der Waals surface area contributed by atoms with Gasteiger partial charge >= 0.3 is 0 Å². The van der Waals surface area contributed by atoms with Crippen LogP contribution in [0.4, 0.5) is 0 Å². The summed E-state index contributed by atoms with van der Waals surface area (Å²) in [6, 6.07) is 10.8. The quantitative estimate of drug-likeness (QED) is 0.910. The van der Waals surface area contributed by atoms with Crippen molar-refractivity contribution in [2.24, 2.45) is 0 Å². The minimum atomic E-state index is -1.16. The molecule has 0 unspecified atom stereocenters. The summed E-state index contributed by atoms with van der Waals surface area (Å²) in [7, 11) is 0. The first kappa shape index (κ1) is 17.9. The predicted octanol–water partition coefficient (Wildman–Crippen LogP) is 2.42. The number of piperazine rings is 1. The van der Waals surface area contributed by atoms with Crippen molar-refractivity contribution in [3.05, 3.63) is 64.4 Å². The van der Waals surface area contributed by atoms with Crippen LogP contribution in [-0.4, -0.2) is 52.0 Å². The fourth-order valence-electron chi connectivity index (χ4n) is 3.01. The highest BCUT2D eigenvalue weighted by Gasteiger charge is 2.27. The molecule has 1 N–H and O–H groups in total. The number of hydrogen-bond donors (Lipinski definition) is 1. The summed E-state index contributed by atoms with van der Waals surface area (Å²) in [6.45, 7) is 5.58. The largest absolute Gasteiger partial charge is 0.378 e. The van der Waals surface area contributed by atoms with Gasteiger partial charge in [0.1, 0.15) is 0 Å². The number of rotatable bonds is 4. The summed E-state index contributed by atoms with van der Waals surface area (Å²) in [5.74, 6) is -0.268. The lowest BCUT2D eigenvalue weighted by atomic mass is 10.1. The van der Waals surface area contributed by atoms with Crippen LogP contribution in [0.5, 0.6) is 0 Å². The van der Waals surface area contributed by atoms with E-state index in [0.29, 0.717) is 23.7 Å². The predicted molar refractivity (Wildman–Crippen MR) is 97.2 cm³/mol. The van der Waals surface area contributed by atoms with Gasteiger partial charge in [-0.2, -0.15) is 0 Å². The van der Waals surface area contributed by atoms with Crippen LogP contribution in [0.3, 0.4) is 0 Å². The zero-order chi connectivity index (χ0) is 17.8. The van der Waals surface area contributed by atoms with Crippen LogP contribution in [0, 0.1) is 6.92 Å². The van der Waals surface area contributed by atoms with Gasteiger partial charge in [0.2, 0.25) is 0 Å². The van der Waals surface area contributed by atoms with Crippen molar-refractivity contribution >= 4 is 17.5 Å². The van der Waals surface area contributed by atoms with Crippen LogP contribution in [0.1, 0.15) is 22.9 Å². The third-order valence-electron chi connectivity index (χ3n) is 4.57. The van der Waals surface area contributed by atoms with Crippen LogP contribution in [0.15, 0.2) is 42.6 Å². The average molecular weight is 360 g/mol. The van der Waals surface area contributed by atoms with Crippen LogP contribution < -0.4 is 0 Å². The smallest absolute Gasteiger partial charge is 0.256 e. The second-order valence-electron chi connectivity index (χ2n) is 6.33. The van der Waals surface area contributed by atoms with Gasteiger partial charge in [0.25, 0.3) is 5.91 Å². The van der Waals surface area contributed by atoms with Gasteiger partial charge in [-0.1, -0.05) is 29.8 Å². The third-order valence-corrected chi connectivity index (χ3v) is 4.81. The first-order chi connectivity index (χ1) is 12.0. The molecule has 0 saturated carbocycles. The summed E-state index contributed by atoms with van der Waals surface area (Å²) in [5.41, 5.74) is 2.78. The number of aliphatic hydroxyl groups is 1. The summed E-state index contributed by atoms with van der Waals surface area (Å²) < 4.78 is 0. The number of pyridine rings is 1. The Balaban J connectivity index is 1.56. The second-order valence-corrected chi connectivity index (χ2v) is 6.76. The highest BCUT2D eigenvalue weighted by atomic mass is 35.5. The number of carbonyl (C=O) groups is 1. The molecule has 1 fully saturated rings. The Morgan fingerprint density at radius 3 is 2.68 bits per heavy atom. The minimum absolute atomic E-state index is 0.268. The highest BCUT2D eigenvalue weighted by Crippen LogP contribution is 2.20. The lowest BCUT2D eigenvalue weighted by Crippen LogP contribution is -2.49. The van der Waals surface area contributed by atoms with E-state index in [1.807, 2.05) is 12.3 Å². The first-order valence-corrected chi connectivity index (χ1v) is 8.77. The highest BCUT2D eigenvalue weighted by molar-refractivity contribution is 6.30. The second kappa shape index (κ2) is 7.95. The van der Waals surface area contributed by atoms with Crippen LogP contribution in [-0.2, 0) is 11.3 Å². The van der Waals surface area contributed by atoms with E-state index >= 15 is 0 Å². The normalized spacial score (nSPS) is 16.7. The van der Waals surface area contributed by atoms with Gasteiger partial charge in [0.05, 0.1) is 5.69 Å². The number of aromatic nitrogens is 1. The molecule has 1 aliphatic heterocycles. The van der Waals surface area contributed by atoms with E-state index in [9.17, 15) is 9.90 Å². The van der Waals surface area contributed by atoms with E-state index in [1.54, 1.807) is 29.2 Å². The molecule has 6 heteroatoms. The Kier molecular flexibility index (Phi) is 5.68. The molecule has 2 aromatic rings. The standard InChI is InChI=1S/C19H22ClN3O2/c1-14-4-3-7-21-17(14)13-22-8-10-23(11-9-22)19(25)18(24)15-5-2-6-16(20)12-15/h2-7,12,18,24H,8-11,13H2,1H3/t18-/m0/s1. The first-order valence-electron chi connectivity index (χ1n) is 8.40. The molecule has 3 rings (SSSR count). The van der Waals surface area contributed by atoms with E-state index in [1.165, 1.54) is 5.56 Å². The van der Waals surface area contributed by atoms with Crippen molar-refractivity contribution in [1.82, 2.24) is 14.8 Å². The molecular weight excluding hydrogens is 338 g/mol. The van der Waals surface area contributed by atoms with Crippen molar-refractivity contribution < 1.29 is 9.90 Å². The van der Waals surface area contributed by atoms with Crippen molar-refractivity contribution in [2.75, 3.05) is 26.2 Å². The number of benzene rings is 1. The van der Waals surface area contributed by atoms with Crippen molar-refractivity contribution in [1.29, 1.82) is 0 Å². The van der Waals surface area contributed by atoms with E-state index in [2.05, 4.69) is 22.9 Å². The molecule has 2 heterocycles. The van der Waals surface area contributed by atoms with Crippen molar-refractivity contribution in [3.8, 4) is 0 Å². The topological polar surface area (TPSA) is 56.7 Å². The molecule has 1 aromatic carbocycles. The molecule has 0 radical (unpaired) electrons. The number of aryl methyl sites for hydroxylation is 1. The lowest BCUT2D eigenvalue weighted by molar-refractivity contribution is -0.142. The molecule has 1 aromatic heterocycles. The SMILES string of the molecule is Cc1cccnc1CN1CCN(C(=O)[C@@H](O)c2cccc(Cl)c2)CC1. The molecule has 5 nitrogen and oxygen atoms in total. The molecule has 132 valence electrons. The Hall–Kier alpha value is -1.95.